The molecule has 0 saturated carbocycles. The lowest BCUT2D eigenvalue weighted by molar-refractivity contribution is -0.136. The van der Waals surface area contributed by atoms with Gasteiger partial charge in [0.05, 0.1) is 0 Å². The summed E-state index contributed by atoms with van der Waals surface area (Å²) in [6.07, 6.45) is 0.762. The van der Waals surface area contributed by atoms with Crippen molar-refractivity contribution in [2.45, 2.75) is 13.3 Å². The van der Waals surface area contributed by atoms with Gasteiger partial charge in [0.15, 0.2) is 0 Å². The van der Waals surface area contributed by atoms with Crippen LogP contribution in [-0.4, -0.2) is 61.9 Å². The molecule has 3 rings (SSSR count). The standard InChI is InChI=1S/C23H28ClN5O3/c1-17(30)26-19-4-2-5-20(16-19)27-23(32)22(31)25-10-3-11-28-12-14-29(15-13-28)21-8-6-18(24)7-9-21/h2,4-9,16H,3,10-15H2,1H3,(H,25,31)(H,26,30)(H,27,32). The van der Waals surface area contributed by atoms with Gasteiger partial charge in [-0.1, -0.05) is 17.7 Å². The van der Waals surface area contributed by atoms with Crippen molar-refractivity contribution in [3.63, 3.8) is 0 Å². The number of nitrogens with one attached hydrogen (secondary N) is 3. The molecule has 0 radical (unpaired) electrons. The SMILES string of the molecule is CC(=O)Nc1cccc(NC(=O)C(=O)NCCCN2CCN(c3ccc(Cl)cc3)CC2)c1. The van der Waals surface area contributed by atoms with Crippen LogP contribution >= 0.6 is 11.6 Å². The Bertz CT molecular complexity index is 943. The number of amides is 3. The molecule has 0 unspecified atom stereocenters. The van der Waals surface area contributed by atoms with Gasteiger partial charge in [0.2, 0.25) is 5.91 Å². The van der Waals surface area contributed by atoms with E-state index in [0.29, 0.717) is 17.9 Å². The second-order valence-electron chi connectivity index (χ2n) is 7.63. The summed E-state index contributed by atoms with van der Waals surface area (Å²) in [7, 11) is 0. The Kier molecular flexibility index (Phi) is 8.47. The lowest BCUT2D eigenvalue weighted by Crippen LogP contribution is -2.47. The van der Waals surface area contributed by atoms with Gasteiger partial charge in [-0.15, -0.1) is 0 Å². The number of piperazine rings is 1. The maximum Gasteiger partial charge on any atom is 0.313 e. The summed E-state index contributed by atoms with van der Waals surface area (Å²) >= 11 is 5.95. The summed E-state index contributed by atoms with van der Waals surface area (Å²) in [5.41, 5.74) is 2.16. The van der Waals surface area contributed by atoms with Crippen molar-refractivity contribution < 1.29 is 14.4 Å². The van der Waals surface area contributed by atoms with Crippen molar-refractivity contribution in [1.82, 2.24) is 10.2 Å². The van der Waals surface area contributed by atoms with E-state index in [-0.39, 0.29) is 5.91 Å². The molecule has 0 aliphatic carbocycles. The van der Waals surface area contributed by atoms with Crippen LogP contribution in [0, 0.1) is 0 Å². The monoisotopic (exact) mass is 457 g/mol. The average Bonchev–Trinajstić information content (AvgIpc) is 2.77. The molecule has 3 N–H and O–H groups in total. The molecule has 2 aromatic carbocycles. The zero-order chi connectivity index (χ0) is 22.9. The second kappa shape index (κ2) is 11.5. The first kappa shape index (κ1) is 23.6. The molecule has 8 nitrogen and oxygen atoms in total. The summed E-state index contributed by atoms with van der Waals surface area (Å²) in [5, 5.41) is 8.57. The van der Waals surface area contributed by atoms with Crippen LogP contribution in [0.2, 0.25) is 5.02 Å². The van der Waals surface area contributed by atoms with E-state index in [1.165, 1.54) is 12.6 Å². The molecule has 1 heterocycles. The third kappa shape index (κ3) is 7.25. The Morgan fingerprint density at radius 2 is 1.56 bits per heavy atom. The van der Waals surface area contributed by atoms with Crippen molar-refractivity contribution in [3.05, 3.63) is 53.6 Å². The number of hydrogen-bond acceptors (Lipinski definition) is 5. The maximum absolute atomic E-state index is 12.1. The minimum absolute atomic E-state index is 0.211. The van der Waals surface area contributed by atoms with Crippen molar-refractivity contribution >= 4 is 46.4 Å². The lowest BCUT2D eigenvalue weighted by atomic mass is 10.2. The predicted octanol–water partition coefficient (Wildman–Crippen LogP) is 2.57. The van der Waals surface area contributed by atoms with Crippen LogP contribution in [0.25, 0.3) is 0 Å². The fraction of sp³-hybridized carbons (Fsp3) is 0.348. The van der Waals surface area contributed by atoms with E-state index in [1.54, 1.807) is 24.3 Å². The van der Waals surface area contributed by atoms with Crippen LogP contribution in [0.5, 0.6) is 0 Å². The molecular weight excluding hydrogens is 430 g/mol. The highest BCUT2D eigenvalue weighted by atomic mass is 35.5. The molecule has 0 spiro atoms. The van der Waals surface area contributed by atoms with Crippen LogP contribution in [0.3, 0.4) is 0 Å². The smallest absolute Gasteiger partial charge is 0.313 e. The van der Waals surface area contributed by atoms with E-state index >= 15 is 0 Å². The van der Waals surface area contributed by atoms with Gasteiger partial charge >= 0.3 is 11.8 Å². The van der Waals surface area contributed by atoms with Gasteiger partial charge in [-0.2, -0.15) is 0 Å². The van der Waals surface area contributed by atoms with E-state index in [9.17, 15) is 14.4 Å². The number of carbonyl (C=O) groups excluding carboxylic acids is 3. The van der Waals surface area contributed by atoms with E-state index in [1.807, 2.05) is 24.3 Å². The normalized spacial score (nSPS) is 14.0. The van der Waals surface area contributed by atoms with Gasteiger partial charge in [-0.3, -0.25) is 19.3 Å². The third-order valence-corrected chi connectivity index (χ3v) is 5.40. The number of halogens is 1. The van der Waals surface area contributed by atoms with Crippen LogP contribution in [0.15, 0.2) is 48.5 Å². The maximum atomic E-state index is 12.1. The van der Waals surface area contributed by atoms with Gasteiger partial charge < -0.3 is 20.9 Å². The first-order valence-corrected chi connectivity index (χ1v) is 11.0. The van der Waals surface area contributed by atoms with Crippen LogP contribution in [-0.2, 0) is 14.4 Å². The van der Waals surface area contributed by atoms with Gasteiger partial charge in [0, 0.05) is 61.7 Å². The van der Waals surface area contributed by atoms with Crippen LogP contribution < -0.4 is 20.9 Å². The number of nitrogens with zero attached hydrogens (tertiary/aromatic N) is 2. The highest BCUT2D eigenvalue weighted by Gasteiger charge is 2.17. The number of carbonyl (C=O) groups is 3. The van der Waals surface area contributed by atoms with Crippen molar-refractivity contribution in [3.8, 4) is 0 Å². The Hall–Kier alpha value is -3.10. The molecule has 9 heteroatoms. The molecule has 0 atom stereocenters. The average molecular weight is 458 g/mol. The van der Waals surface area contributed by atoms with E-state index < -0.39 is 11.8 Å². The predicted molar refractivity (Wildman–Crippen MR) is 127 cm³/mol. The Morgan fingerprint density at radius 3 is 2.22 bits per heavy atom. The molecule has 170 valence electrons. The largest absolute Gasteiger partial charge is 0.369 e. The van der Waals surface area contributed by atoms with Gasteiger partial charge in [-0.25, -0.2) is 0 Å². The summed E-state index contributed by atoms with van der Waals surface area (Å²) in [5.74, 6) is -1.62. The van der Waals surface area contributed by atoms with Gasteiger partial charge in [0.25, 0.3) is 0 Å². The third-order valence-electron chi connectivity index (χ3n) is 5.15. The van der Waals surface area contributed by atoms with E-state index in [0.717, 1.165) is 44.2 Å². The molecule has 0 aromatic heterocycles. The van der Waals surface area contributed by atoms with Crippen molar-refractivity contribution in [2.75, 3.05) is 54.8 Å². The van der Waals surface area contributed by atoms with Crippen LogP contribution in [0.4, 0.5) is 17.1 Å². The quantitative estimate of drug-likeness (QED) is 0.439. The summed E-state index contributed by atoms with van der Waals surface area (Å²) in [6.45, 7) is 6.45. The number of anilines is 3. The number of benzene rings is 2. The molecule has 1 saturated heterocycles. The molecule has 2 aromatic rings. The fourth-order valence-corrected chi connectivity index (χ4v) is 3.66. The van der Waals surface area contributed by atoms with Gasteiger partial charge in [0.1, 0.15) is 0 Å². The van der Waals surface area contributed by atoms with E-state index in [2.05, 4.69) is 25.8 Å². The number of rotatable bonds is 7. The first-order valence-electron chi connectivity index (χ1n) is 10.6. The summed E-state index contributed by atoms with van der Waals surface area (Å²) in [6, 6.07) is 14.5. The molecule has 32 heavy (non-hydrogen) atoms. The highest BCUT2D eigenvalue weighted by Crippen LogP contribution is 2.19. The molecule has 1 fully saturated rings. The Labute approximate surface area is 192 Å². The zero-order valence-electron chi connectivity index (χ0n) is 18.1. The van der Waals surface area contributed by atoms with Crippen molar-refractivity contribution in [1.29, 1.82) is 0 Å². The topological polar surface area (TPSA) is 93.8 Å². The summed E-state index contributed by atoms with van der Waals surface area (Å²) < 4.78 is 0. The number of hydrogen-bond donors (Lipinski definition) is 3. The first-order chi connectivity index (χ1) is 15.4. The Morgan fingerprint density at radius 1 is 0.906 bits per heavy atom. The molecule has 3 amide bonds. The molecular formula is C23H28ClN5O3. The van der Waals surface area contributed by atoms with Crippen LogP contribution in [0.1, 0.15) is 13.3 Å². The fourth-order valence-electron chi connectivity index (χ4n) is 3.53. The Balaban J connectivity index is 1.33. The molecule has 0 bridgehead atoms. The van der Waals surface area contributed by atoms with Crippen molar-refractivity contribution in [2.24, 2.45) is 0 Å². The minimum Gasteiger partial charge on any atom is -0.369 e. The highest BCUT2D eigenvalue weighted by molar-refractivity contribution is 6.39. The van der Waals surface area contributed by atoms with E-state index in [4.69, 9.17) is 11.6 Å². The minimum atomic E-state index is -0.735. The molecule has 1 aliphatic rings. The second-order valence-corrected chi connectivity index (χ2v) is 8.07. The summed E-state index contributed by atoms with van der Waals surface area (Å²) in [4.78, 5) is 40.0. The van der Waals surface area contributed by atoms with Gasteiger partial charge in [-0.05, 0) is 55.4 Å². The zero-order valence-corrected chi connectivity index (χ0v) is 18.8. The lowest BCUT2D eigenvalue weighted by Gasteiger charge is -2.36. The molecule has 1 aliphatic heterocycles.